The second kappa shape index (κ2) is 4.86. The van der Waals surface area contributed by atoms with E-state index in [9.17, 15) is 8.42 Å². The molecule has 1 aromatic heterocycles. The normalized spacial score (nSPS) is 21.1. The molecule has 0 bridgehead atoms. The number of nitrogens with zero attached hydrogens (tertiary/aromatic N) is 1. The maximum absolute atomic E-state index is 12.7. The fourth-order valence-electron chi connectivity index (χ4n) is 2.22. The van der Waals surface area contributed by atoms with Gasteiger partial charge in [0.05, 0.1) is 8.68 Å². The molecule has 0 saturated carbocycles. The van der Waals surface area contributed by atoms with Crippen LogP contribution < -0.4 is 5.32 Å². The number of rotatable bonds is 2. The molecule has 0 spiro atoms. The predicted octanol–water partition coefficient (Wildman–Crippen LogP) is 2.19. The Morgan fingerprint density at radius 1 is 1.50 bits per heavy atom. The molecule has 2 heterocycles. The van der Waals surface area contributed by atoms with Crippen LogP contribution in [0.25, 0.3) is 0 Å². The highest BCUT2D eigenvalue weighted by molar-refractivity contribution is 9.11. The first-order chi connectivity index (χ1) is 8.25. The summed E-state index contributed by atoms with van der Waals surface area (Å²) < 4.78 is 27.9. The molecule has 4 nitrogen and oxygen atoms in total. The molecule has 0 atom stereocenters. The molecule has 0 radical (unpaired) electrons. The summed E-state index contributed by atoms with van der Waals surface area (Å²) in [5, 5.41) is 3.24. The largest absolute Gasteiger partial charge is 0.314 e. The summed E-state index contributed by atoms with van der Waals surface area (Å²) in [5.41, 5.74) is -0.391. The second-order valence-corrected chi connectivity index (χ2v) is 9.50. The van der Waals surface area contributed by atoms with Crippen molar-refractivity contribution in [2.24, 2.45) is 0 Å². The SMILES string of the molecule is Cc1sc(Br)cc1S(=O)(=O)N1CCNCC1(C)C. The summed E-state index contributed by atoms with van der Waals surface area (Å²) in [6.45, 7) is 7.64. The highest BCUT2D eigenvalue weighted by atomic mass is 79.9. The summed E-state index contributed by atoms with van der Waals surface area (Å²) >= 11 is 4.81. The van der Waals surface area contributed by atoms with Gasteiger partial charge < -0.3 is 5.32 Å². The lowest BCUT2D eigenvalue weighted by molar-refractivity contribution is 0.186. The molecule has 0 aromatic carbocycles. The minimum atomic E-state index is -3.41. The van der Waals surface area contributed by atoms with Crippen LogP contribution in [0.3, 0.4) is 0 Å². The molecule has 0 unspecified atom stereocenters. The van der Waals surface area contributed by atoms with Crippen molar-refractivity contribution in [1.29, 1.82) is 0 Å². The smallest absolute Gasteiger partial charge is 0.244 e. The zero-order valence-corrected chi connectivity index (χ0v) is 13.9. The number of hydrogen-bond donors (Lipinski definition) is 1. The third-order valence-electron chi connectivity index (χ3n) is 3.13. The Morgan fingerprint density at radius 3 is 2.67 bits per heavy atom. The van der Waals surface area contributed by atoms with E-state index in [1.807, 2.05) is 20.8 Å². The van der Waals surface area contributed by atoms with Gasteiger partial charge in [-0.2, -0.15) is 4.31 Å². The van der Waals surface area contributed by atoms with Gasteiger partial charge in [0, 0.05) is 30.1 Å². The Kier molecular flexibility index (Phi) is 3.91. The topological polar surface area (TPSA) is 49.4 Å². The van der Waals surface area contributed by atoms with Crippen molar-refractivity contribution >= 4 is 37.3 Å². The Bertz CT molecular complexity index is 551. The van der Waals surface area contributed by atoms with Crippen LogP contribution in [0, 0.1) is 6.92 Å². The fraction of sp³-hybridized carbons (Fsp3) is 0.636. The van der Waals surface area contributed by atoms with E-state index in [1.54, 1.807) is 10.4 Å². The van der Waals surface area contributed by atoms with E-state index >= 15 is 0 Å². The summed E-state index contributed by atoms with van der Waals surface area (Å²) in [5.74, 6) is 0. The standard InChI is InChI=1S/C11H17BrN2O2S2/c1-8-9(6-10(12)17-8)18(15,16)14-5-4-13-7-11(14,2)3/h6,13H,4-5,7H2,1-3H3. The van der Waals surface area contributed by atoms with E-state index in [0.717, 1.165) is 8.66 Å². The number of nitrogens with one attached hydrogen (secondary N) is 1. The zero-order chi connectivity index (χ0) is 13.6. The molecule has 7 heteroatoms. The average Bonchev–Trinajstić information content (AvgIpc) is 2.57. The third-order valence-corrected chi connectivity index (χ3v) is 7.05. The van der Waals surface area contributed by atoms with Gasteiger partial charge >= 0.3 is 0 Å². The van der Waals surface area contributed by atoms with Gasteiger partial charge in [0.15, 0.2) is 0 Å². The Balaban J connectivity index is 2.45. The van der Waals surface area contributed by atoms with Gasteiger partial charge in [0.25, 0.3) is 0 Å². The first-order valence-corrected chi connectivity index (χ1v) is 8.79. The molecule has 0 aliphatic carbocycles. The van der Waals surface area contributed by atoms with Crippen molar-refractivity contribution in [1.82, 2.24) is 9.62 Å². The Labute approximate surface area is 121 Å². The van der Waals surface area contributed by atoms with Crippen LogP contribution in [-0.2, 0) is 10.0 Å². The average molecular weight is 353 g/mol. The summed E-state index contributed by atoms with van der Waals surface area (Å²) in [6, 6.07) is 1.70. The van der Waals surface area contributed by atoms with Gasteiger partial charge in [-0.1, -0.05) is 0 Å². The molecular weight excluding hydrogens is 336 g/mol. The van der Waals surface area contributed by atoms with Crippen LogP contribution in [0.1, 0.15) is 18.7 Å². The van der Waals surface area contributed by atoms with Gasteiger partial charge in [0.1, 0.15) is 0 Å². The van der Waals surface area contributed by atoms with Crippen molar-refractivity contribution in [3.8, 4) is 0 Å². The number of hydrogen-bond acceptors (Lipinski definition) is 4. The Morgan fingerprint density at radius 2 is 2.17 bits per heavy atom. The zero-order valence-electron chi connectivity index (χ0n) is 10.7. The maximum Gasteiger partial charge on any atom is 0.244 e. The van der Waals surface area contributed by atoms with Crippen LogP contribution in [-0.4, -0.2) is 37.9 Å². The van der Waals surface area contributed by atoms with Crippen molar-refractivity contribution in [3.05, 3.63) is 14.7 Å². The minimum Gasteiger partial charge on any atom is -0.314 e. The highest BCUT2D eigenvalue weighted by Crippen LogP contribution is 2.34. The van der Waals surface area contributed by atoms with Crippen molar-refractivity contribution in [2.45, 2.75) is 31.2 Å². The van der Waals surface area contributed by atoms with Crippen LogP contribution in [0.4, 0.5) is 0 Å². The summed E-state index contributed by atoms with van der Waals surface area (Å²) in [7, 11) is -3.41. The lowest BCUT2D eigenvalue weighted by Crippen LogP contribution is -2.59. The number of sulfonamides is 1. The van der Waals surface area contributed by atoms with Crippen molar-refractivity contribution < 1.29 is 8.42 Å². The third kappa shape index (κ3) is 2.51. The van der Waals surface area contributed by atoms with Crippen LogP contribution >= 0.6 is 27.3 Å². The number of halogens is 1. The van der Waals surface area contributed by atoms with E-state index in [0.29, 0.717) is 24.5 Å². The second-order valence-electron chi connectivity index (χ2n) is 5.04. The van der Waals surface area contributed by atoms with E-state index in [1.165, 1.54) is 11.3 Å². The number of aryl methyl sites for hydroxylation is 1. The predicted molar refractivity (Wildman–Crippen MR) is 77.6 cm³/mol. The first kappa shape index (κ1) is 14.5. The lowest BCUT2D eigenvalue weighted by atomic mass is 10.0. The van der Waals surface area contributed by atoms with E-state index in [4.69, 9.17) is 0 Å². The molecule has 1 aromatic rings. The van der Waals surface area contributed by atoms with Crippen LogP contribution in [0.2, 0.25) is 0 Å². The summed E-state index contributed by atoms with van der Waals surface area (Å²) in [6.07, 6.45) is 0. The molecule has 2 rings (SSSR count). The van der Waals surface area contributed by atoms with E-state index in [-0.39, 0.29) is 0 Å². The van der Waals surface area contributed by atoms with Gasteiger partial charge in [-0.15, -0.1) is 11.3 Å². The number of thiophene rings is 1. The maximum atomic E-state index is 12.7. The molecule has 1 N–H and O–H groups in total. The lowest BCUT2D eigenvalue weighted by Gasteiger charge is -2.41. The van der Waals surface area contributed by atoms with E-state index in [2.05, 4.69) is 21.2 Å². The van der Waals surface area contributed by atoms with Crippen molar-refractivity contribution in [2.75, 3.05) is 19.6 Å². The molecular formula is C11H17BrN2O2S2. The molecule has 1 aliphatic heterocycles. The monoisotopic (exact) mass is 352 g/mol. The van der Waals surface area contributed by atoms with Gasteiger partial charge in [-0.05, 0) is 42.8 Å². The highest BCUT2D eigenvalue weighted by Gasteiger charge is 2.39. The fourth-order valence-corrected chi connectivity index (χ4v) is 6.38. The van der Waals surface area contributed by atoms with Crippen LogP contribution in [0.15, 0.2) is 14.7 Å². The summed E-state index contributed by atoms with van der Waals surface area (Å²) in [4.78, 5) is 1.26. The van der Waals surface area contributed by atoms with E-state index < -0.39 is 15.6 Å². The van der Waals surface area contributed by atoms with Crippen LogP contribution in [0.5, 0.6) is 0 Å². The molecule has 1 aliphatic rings. The molecule has 1 fully saturated rings. The molecule has 1 saturated heterocycles. The number of piperazine rings is 1. The molecule has 18 heavy (non-hydrogen) atoms. The van der Waals surface area contributed by atoms with Gasteiger partial charge in [-0.3, -0.25) is 0 Å². The minimum absolute atomic E-state index is 0.391. The quantitative estimate of drug-likeness (QED) is 0.887. The first-order valence-electron chi connectivity index (χ1n) is 5.75. The van der Waals surface area contributed by atoms with Gasteiger partial charge in [-0.25, -0.2) is 8.42 Å². The van der Waals surface area contributed by atoms with Crippen molar-refractivity contribution in [3.63, 3.8) is 0 Å². The Hall–Kier alpha value is 0.0500. The molecule has 0 amide bonds. The van der Waals surface area contributed by atoms with Gasteiger partial charge in [0.2, 0.25) is 10.0 Å². The molecule has 102 valence electrons.